The molecule has 0 N–H and O–H groups in total. The molecular weight excluding hydrogens is 272 g/mol. The molecule has 0 bridgehead atoms. The zero-order valence-electron chi connectivity index (χ0n) is 13.8. The zero-order chi connectivity index (χ0) is 16.1. The zero-order valence-corrected chi connectivity index (χ0v) is 13.8. The van der Waals surface area contributed by atoms with Gasteiger partial charge in [0.05, 0.1) is 7.11 Å². The van der Waals surface area contributed by atoms with Crippen molar-refractivity contribution in [2.45, 2.75) is 39.5 Å². The molecule has 0 heterocycles. The molecular formula is C20H24O2. The summed E-state index contributed by atoms with van der Waals surface area (Å²) < 4.78 is 5.10. The van der Waals surface area contributed by atoms with E-state index in [2.05, 4.69) is 32.9 Å². The second-order valence-corrected chi connectivity index (χ2v) is 5.57. The van der Waals surface area contributed by atoms with Gasteiger partial charge in [-0.15, -0.1) is 0 Å². The Labute approximate surface area is 133 Å². The smallest absolute Gasteiger partial charge is 0.317 e. The fourth-order valence-electron chi connectivity index (χ4n) is 3.13. The second-order valence-electron chi connectivity index (χ2n) is 5.57. The molecule has 22 heavy (non-hydrogen) atoms. The van der Waals surface area contributed by atoms with Crippen LogP contribution >= 0.6 is 0 Å². The lowest BCUT2D eigenvalue weighted by Gasteiger charge is -2.21. The van der Waals surface area contributed by atoms with Gasteiger partial charge in [0.15, 0.2) is 0 Å². The Morgan fingerprint density at radius 2 is 1.77 bits per heavy atom. The normalized spacial score (nSPS) is 12.0. The van der Waals surface area contributed by atoms with Crippen LogP contribution in [0, 0.1) is 6.92 Å². The van der Waals surface area contributed by atoms with Gasteiger partial charge in [-0.05, 0) is 42.0 Å². The topological polar surface area (TPSA) is 26.3 Å². The number of hydrogen-bond acceptors (Lipinski definition) is 2. The summed E-state index contributed by atoms with van der Waals surface area (Å²) in [6, 6.07) is 14.2. The summed E-state index contributed by atoms with van der Waals surface area (Å²) >= 11 is 0. The quantitative estimate of drug-likeness (QED) is 0.763. The van der Waals surface area contributed by atoms with E-state index >= 15 is 0 Å². The fourth-order valence-corrected chi connectivity index (χ4v) is 3.13. The molecule has 0 aromatic heterocycles. The van der Waals surface area contributed by atoms with E-state index in [4.69, 9.17) is 4.74 Å². The van der Waals surface area contributed by atoms with Crippen molar-refractivity contribution in [2.24, 2.45) is 0 Å². The molecule has 0 saturated carbocycles. The molecule has 0 fully saturated rings. The number of aryl methyl sites for hydroxylation is 2. The lowest BCUT2D eigenvalue weighted by Crippen LogP contribution is -2.18. The molecule has 0 amide bonds. The van der Waals surface area contributed by atoms with Gasteiger partial charge >= 0.3 is 5.97 Å². The Kier molecular flexibility index (Phi) is 5.37. The predicted octanol–water partition coefficient (Wildman–Crippen LogP) is 4.42. The van der Waals surface area contributed by atoms with Crippen molar-refractivity contribution in [3.63, 3.8) is 0 Å². The highest BCUT2D eigenvalue weighted by atomic mass is 16.5. The summed E-state index contributed by atoms with van der Waals surface area (Å²) in [6.45, 7) is 6.39. The second kappa shape index (κ2) is 7.26. The maximum absolute atomic E-state index is 12.5. The summed E-state index contributed by atoms with van der Waals surface area (Å²) in [5.74, 6) is -0.556. The van der Waals surface area contributed by atoms with Crippen LogP contribution in [0.4, 0.5) is 0 Å². The number of esters is 1. The largest absolute Gasteiger partial charge is 0.468 e. The minimum Gasteiger partial charge on any atom is -0.468 e. The minimum atomic E-state index is -0.355. The van der Waals surface area contributed by atoms with Crippen molar-refractivity contribution in [2.75, 3.05) is 7.11 Å². The Bertz CT molecular complexity index is 644. The average molecular weight is 296 g/mol. The third-order valence-corrected chi connectivity index (χ3v) is 4.14. The SMILES string of the molecule is CCc1cc(C)cc(C(C(=O)OC)c2ccccc2)c1CC. The first-order chi connectivity index (χ1) is 10.6. The van der Waals surface area contributed by atoms with Crippen LogP contribution in [0.25, 0.3) is 0 Å². The van der Waals surface area contributed by atoms with Gasteiger partial charge in [-0.1, -0.05) is 61.9 Å². The van der Waals surface area contributed by atoms with E-state index in [9.17, 15) is 4.79 Å². The van der Waals surface area contributed by atoms with E-state index < -0.39 is 0 Å². The fraction of sp³-hybridized carbons (Fsp3) is 0.350. The van der Waals surface area contributed by atoms with E-state index in [-0.39, 0.29) is 11.9 Å². The number of carbonyl (C=O) groups excluding carboxylic acids is 1. The number of benzene rings is 2. The van der Waals surface area contributed by atoms with Gasteiger partial charge in [-0.2, -0.15) is 0 Å². The molecule has 0 aliphatic heterocycles. The monoisotopic (exact) mass is 296 g/mol. The van der Waals surface area contributed by atoms with E-state index in [1.165, 1.54) is 23.8 Å². The average Bonchev–Trinajstić information content (AvgIpc) is 2.55. The van der Waals surface area contributed by atoms with Crippen LogP contribution in [0.5, 0.6) is 0 Å². The molecule has 1 unspecified atom stereocenters. The summed E-state index contributed by atoms with van der Waals surface area (Å²) in [5.41, 5.74) is 5.85. The van der Waals surface area contributed by atoms with Gasteiger partial charge in [-0.25, -0.2) is 0 Å². The van der Waals surface area contributed by atoms with Gasteiger partial charge < -0.3 is 4.74 Å². The van der Waals surface area contributed by atoms with Crippen molar-refractivity contribution in [1.29, 1.82) is 0 Å². The molecule has 2 aromatic rings. The van der Waals surface area contributed by atoms with Crippen LogP contribution < -0.4 is 0 Å². The lowest BCUT2D eigenvalue weighted by atomic mass is 9.83. The summed E-state index contributed by atoms with van der Waals surface area (Å²) in [7, 11) is 1.46. The summed E-state index contributed by atoms with van der Waals surface area (Å²) in [5, 5.41) is 0. The van der Waals surface area contributed by atoms with Crippen LogP contribution in [-0.2, 0) is 22.4 Å². The first-order valence-corrected chi connectivity index (χ1v) is 7.87. The maximum Gasteiger partial charge on any atom is 0.317 e. The molecule has 0 saturated heterocycles. The number of ether oxygens (including phenoxy) is 1. The third kappa shape index (κ3) is 3.22. The molecule has 0 spiro atoms. The predicted molar refractivity (Wildman–Crippen MR) is 90.2 cm³/mol. The number of carbonyl (C=O) groups is 1. The van der Waals surface area contributed by atoms with Crippen LogP contribution in [0.1, 0.15) is 47.6 Å². The van der Waals surface area contributed by atoms with Crippen molar-refractivity contribution in [1.82, 2.24) is 0 Å². The Hall–Kier alpha value is -2.09. The molecule has 116 valence electrons. The molecule has 2 aromatic carbocycles. The molecule has 0 aliphatic rings. The molecule has 1 atom stereocenters. The van der Waals surface area contributed by atoms with Gasteiger partial charge in [-0.3, -0.25) is 4.79 Å². The van der Waals surface area contributed by atoms with E-state index in [1.807, 2.05) is 30.3 Å². The van der Waals surface area contributed by atoms with Gasteiger partial charge in [0.1, 0.15) is 5.92 Å². The first kappa shape index (κ1) is 16.3. The summed E-state index contributed by atoms with van der Waals surface area (Å²) in [4.78, 5) is 12.5. The lowest BCUT2D eigenvalue weighted by molar-refractivity contribution is -0.141. The van der Waals surface area contributed by atoms with Crippen molar-refractivity contribution in [3.8, 4) is 0 Å². The van der Waals surface area contributed by atoms with Crippen LogP contribution in [0.2, 0.25) is 0 Å². The Morgan fingerprint density at radius 1 is 1.09 bits per heavy atom. The highest BCUT2D eigenvalue weighted by Gasteiger charge is 2.26. The standard InChI is InChI=1S/C20H24O2/c1-5-15-12-14(3)13-18(17(15)6-2)19(20(21)22-4)16-10-8-7-9-11-16/h7-13,19H,5-6H2,1-4H3. The van der Waals surface area contributed by atoms with Crippen molar-refractivity contribution < 1.29 is 9.53 Å². The highest BCUT2D eigenvalue weighted by molar-refractivity contribution is 5.83. The number of methoxy groups -OCH3 is 1. The number of rotatable bonds is 5. The van der Waals surface area contributed by atoms with E-state index in [0.717, 1.165) is 24.0 Å². The Morgan fingerprint density at radius 3 is 2.32 bits per heavy atom. The molecule has 0 radical (unpaired) electrons. The summed E-state index contributed by atoms with van der Waals surface area (Å²) in [6.07, 6.45) is 1.89. The van der Waals surface area contributed by atoms with Gasteiger partial charge in [0, 0.05) is 0 Å². The maximum atomic E-state index is 12.5. The van der Waals surface area contributed by atoms with Crippen LogP contribution in [0.3, 0.4) is 0 Å². The third-order valence-electron chi connectivity index (χ3n) is 4.14. The minimum absolute atomic E-state index is 0.200. The number of hydrogen-bond donors (Lipinski definition) is 0. The van der Waals surface area contributed by atoms with E-state index in [0.29, 0.717) is 0 Å². The molecule has 2 heteroatoms. The van der Waals surface area contributed by atoms with Crippen LogP contribution in [0.15, 0.2) is 42.5 Å². The van der Waals surface area contributed by atoms with Gasteiger partial charge in [0.2, 0.25) is 0 Å². The molecule has 0 aliphatic carbocycles. The first-order valence-electron chi connectivity index (χ1n) is 7.87. The van der Waals surface area contributed by atoms with Crippen molar-refractivity contribution in [3.05, 3.63) is 70.3 Å². The van der Waals surface area contributed by atoms with Crippen molar-refractivity contribution >= 4 is 5.97 Å². The molecule has 2 rings (SSSR count). The van der Waals surface area contributed by atoms with Crippen LogP contribution in [-0.4, -0.2) is 13.1 Å². The molecule has 2 nitrogen and oxygen atoms in total. The van der Waals surface area contributed by atoms with Gasteiger partial charge in [0.25, 0.3) is 0 Å². The van der Waals surface area contributed by atoms with E-state index in [1.54, 1.807) is 0 Å². The highest BCUT2D eigenvalue weighted by Crippen LogP contribution is 2.32. The Balaban J connectivity index is 2.67.